The van der Waals surface area contributed by atoms with E-state index in [0.717, 1.165) is 6.33 Å². The van der Waals surface area contributed by atoms with Crippen LogP contribution < -0.4 is 20.1 Å². The largest absolute Gasteiger partial charge is 0.497 e. The first-order chi connectivity index (χ1) is 17.5. The van der Waals surface area contributed by atoms with Crippen LogP contribution in [0.15, 0.2) is 67.3 Å². The molecule has 1 amide bonds. The molecule has 0 atom stereocenters. The molecular weight excluding hydrogens is 470 g/mol. The number of rotatable bonds is 9. The Morgan fingerprint density at radius 2 is 1.81 bits per heavy atom. The number of hydrogen-bond donors (Lipinski definition) is 2. The number of ether oxygens (including phenoxy) is 2. The van der Waals surface area contributed by atoms with E-state index in [4.69, 9.17) is 9.47 Å². The number of amides is 1. The van der Waals surface area contributed by atoms with E-state index in [1.807, 2.05) is 0 Å². The molecule has 13 nitrogen and oxygen atoms in total. The zero-order valence-corrected chi connectivity index (χ0v) is 18.6. The van der Waals surface area contributed by atoms with Gasteiger partial charge in [-0.3, -0.25) is 25.0 Å². The molecule has 0 bridgehead atoms. The molecule has 2 N–H and O–H groups in total. The predicted molar refractivity (Wildman–Crippen MR) is 127 cm³/mol. The quantitative estimate of drug-likeness (QED) is 0.200. The summed E-state index contributed by atoms with van der Waals surface area (Å²) in [5.74, 6) is -0.570. The third-order valence-electron chi connectivity index (χ3n) is 4.70. The Morgan fingerprint density at radius 1 is 1.06 bits per heavy atom. The van der Waals surface area contributed by atoms with Crippen LogP contribution in [0, 0.1) is 10.1 Å². The van der Waals surface area contributed by atoms with Gasteiger partial charge in [-0.15, -0.1) is 0 Å². The van der Waals surface area contributed by atoms with Crippen LogP contribution in [0.2, 0.25) is 0 Å². The highest BCUT2D eigenvalue weighted by atomic mass is 16.6. The van der Waals surface area contributed by atoms with E-state index in [1.165, 1.54) is 31.6 Å². The number of nitro groups is 1. The van der Waals surface area contributed by atoms with Gasteiger partial charge in [0.1, 0.15) is 17.8 Å². The van der Waals surface area contributed by atoms with Crippen molar-refractivity contribution in [3.05, 3.63) is 88.5 Å². The first-order valence-corrected chi connectivity index (χ1v) is 10.2. The summed E-state index contributed by atoms with van der Waals surface area (Å²) in [6.07, 6.45) is 4.22. The highest BCUT2D eigenvalue weighted by Crippen LogP contribution is 2.37. The minimum Gasteiger partial charge on any atom is -0.497 e. The monoisotopic (exact) mass is 487 g/mol. The third kappa shape index (κ3) is 5.36. The fourth-order valence-electron chi connectivity index (χ4n) is 2.98. The van der Waals surface area contributed by atoms with Crippen molar-refractivity contribution < 1.29 is 24.0 Å². The summed E-state index contributed by atoms with van der Waals surface area (Å²) in [5.41, 5.74) is 0.231. The molecule has 0 aliphatic rings. The van der Waals surface area contributed by atoms with E-state index in [2.05, 4.69) is 30.6 Å². The Bertz CT molecular complexity index is 1410. The average molecular weight is 487 g/mol. The van der Waals surface area contributed by atoms with Gasteiger partial charge in [-0.1, -0.05) is 18.2 Å². The lowest BCUT2D eigenvalue weighted by molar-refractivity contribution is -0.385. The number of methoxy groups -OCH3 is 1. The van der Waals surface area contributed by atoms with E-state index in [1.54, 1.807) is 36.4 Å². The smallest absolute Gasteiger partial charge is 0.373 e. The lowest BCUT2D eigenvalue weighted by atomic mass is 10.2. The summed E-state index contributed by atoms with van der Waals surface area (Å²) in [6, 6.07) is 12.9. The number of aromatic nitrogens is 4. The number of benzene rings is 2. The Morgan fingerprint density at radius 3 is 2.47 bits per heavy atom. The van der Waals surface area contributed by atoms with Gasteiger partial charge in [0.25, 0.3) is 5.91 Å². The summed E-state index contributed by atoms with van der Waals surface area (Å²) < 4.78 is 10.7. The number of hydrogen-bond acceptors (Lipinski definition) is 11. The standard InChI is InChI=1S/C23H17N7O6/c1-35-17-8-7-15(12-31)18(9-17)36-22-19(30(33)34)20(26-13-27-22)28-16-10-24-23(25-11-16)29-21(32)14-5-3-2-4-6-14/h2-13H,1H3,(H,26,27,28)(H,24,25,29,32). The highest BCUT2D eigenvalue weighted by Gasteiger charge is 2.26. The molecule has 4 aromatic rings. The van der Waals surface area contributed by atoms with Crippen molar-refractivity contribution in [3.8, 4) is 17.4 Å². The van der Waals surface area contributed by atoms with Crippen LogP contribution in [0.3, 0.4) is 0 Å². The van der Waals surface area contributed by atoms with E-state index < -0.39 is 22.4 Å². The number of anilines is 3. The van der Waals surface area contributed by atoms with Crippen molar-refractivity contribution in [1.82, 2.24) is 19.9 Å². The molecule has 2 aromatic carbocycles. The number of nitrogens with one attached hydrogen (secondary N) is 2. The Labute approximate surface area is 203 Å². The fourth-order valence-corrected chi connectivity index (χ4v) is 2.98. The van der Waals surface area contributed by atoms with Gasteiger partial charge in [-0.05, 0) is 24.3 Å². The number of carbonyl (C=O) groups excluding carboxylic acids is 2. The maximum Gasteiger partial charge on any atom is 0.373 e. The second-order valence-corrected chi connectivity index (χ2v) is 7.00. The lowest BCUT2D eigenvalue weighted by Crippen LogP contribution is -2.14. The molecule has 0 radical (unpaired) electrons. The third-order valence-corrected chi connectivity index (χ3v) is 4.70. The molecule has 0 saturated carbocycles. The fraction of sp³-hybridized carbons (Fsp3) is 0.0435. The molecule has 13 heteroatoms. The molecule has 0 aliphatic heterocycles. The van der Waals surface area contributed by atoms with Gasteiger partial charge in [-0.25, -0.2) is 15.0 Å². The zero-order chi connectivity index (χ0) is 25.5. The van der Waals surface area contributed by atoms with Crippen LogP contribution in [0.5, 0.6) is 17.4 Å². The van der Waals surface area contributed by atoms with Crippen molar-refractivity contribution in [1.29, 1.82) is 0 Å². The van der Waals surface area contributed by atoms with Gasteiger partial charge in [0.2, 0.25) is 11.8 Å². The van der Waals surface area contributed by atoms with Gasteiger partial charge in [0, 0.05) is 11.6 Å². The van der Waals surface area contributed by atoms with Crippen molar-refractivity contribution in [2.75, 3.05) is 17.7 Å². The van der Waals surface area contributed by atoms with E-state index in [9.17, 15) is 19.7 Å². The molecule has 4 rings (SSSR count). The zero-order valence-electron chi connectivity index (χ0n) is 18.6. The Kier molecular flexibility index (Phi) is 7.01. The lowest BCUT2D eigenvalue weighted by Gasteiger charge is -2.11. The molecule has 2 heterocycles. The summed E-state index contributed by atoms with van der Waals surface area (Å²) in [6.45, 7) is 0. The van der Waals surface area contributed by atoms with Gasteiger partial charge in [0.05, 0.1) is 35.7 Å². The maximum atomic E-state index is 12.2. The summed E-state index contributed by atoms with van der Waals surface area (Å²) in [7, 11) is 1.43. The van der Waals surface area contributed by atoms with E-state index >= 15 is 0 Å². The van der Waals surface area contributed by atoms with Crippen LogP contribution in [0.25, 0.3) is 0 Å². The molecule has 0 saturated heterocycles. The van der Waals surface area contributed by atoms with Crippen molar-refractivity contribution in [2.45, 2.75) is 0 Å². The SMILES string of the molecule is COc1ccc(C=O)c(Oc2ncnc(Nc3cnc(NC(=O)c4ccccc4)nc3)c2[N+](=O)[O-])c1. The Hall–Kier alpha value is -5.46. The van der Waals surface area contributed by atoms with Gasteiger partial charge in [0.15, 0.2) is 6.29 Å². The molecule has 2 aromatic heterocycles. The molecule has 0 fully saturated rings. The molecule has 0 aliphatic carbocycles. The van der Waals surface area contributed by atoms with Gasteiger partial charge in [-0.2, -0.15) is 4.98 Å². The summed E-state index contributed by atoms with van der Waals surface area (Å²) >= 11 is 0. The Balaban J connectivity index is 1.56. The summed E-state index contributed by atoms with van der Waals surface area (Å²) in [5, 5.41) is 17.1. The van der Waals surface area contributed by atoms with Gasteiger partial charge >= 0.3 is 11.6 Å². The van der Waals surface area contributed by atoms with Crippen LogP contribution in [0.4, 0.5) is 23.1 Å². The van der Waals surface area contributed by atoms with Crippen LogP contribution >= 0.6 is 0 Å². The molecule has 36 heavy (non-hydrogen) atoms. The number of aldehydes is 1. The average Bonchev–Trinajstić information content (AvgIpc) is 2.90. The first kappa shape index (κ1) is 23.7. The van der Waals surface area contributed by atoms with Crippen molar-refractivity contribution in [2.24, 2.45) is 0 Å². The summed E-state index contributed by atoms with van der Waals surface area (Å²) in [4.78, 5) is 50.6. The second-order valence-electron chi connectivity index (χ2n) is 7.00. The predicted octanol–water partition coefficient (Wildman–Crippen LogP) is 3.78. The van der Waals surface area contributed by atoms with Crippen LogP contribution in [-0.4, -0.2) is 44.2 Å². The van der Waals surface area contributed by atoms with Crippen LogP contribution in [-0.2, 0) is 0 Å². The molecular formula is C23H17N7O6. The molecule has 180 valence electrons. The van der Waals surface area contributed by atoms with Crippen LogP contribution in [0.1, 0.15) is 20.7 Å². The number of nitrogens with zero attached hydrogens (tertiary/aromatic N) is 5. The number of carbonyl (C=O) groups is 2. The maximum absolute atomic E-state index is 12.2. The van der Waals surface area contributed by atoms with Gasteiger partial charge < -0.3 is 14.8 Å². The molecule has 0 spiro atoms. The van der Waals surface area contributed by atoms with Crippen molar-refractivity contribution in [3.63, 3.8) is 0 Å². The molecule has 0 unspecified atom stereocenters. The highest BCUT2D eigenvalue weighted by molar-refractivity contribution is 6.03. The first-order valence-electron chi connectivity index (χ1n) is 10.2. The second kappa shape index (κ2) is 10.6. The van der Waals surface area contributed by atoms with Crippen molar-refractivity contribution >= 4 is 35.3 Å². The van der Waals surface area contributed by atoms with E-state index in [-0.39, 0.29) is 28.8 Å². The topological polar surface area (TPSA) is 171 Å². The normalized spacial score (nSPS) is 10.2. The minimum absolute atomic E-state index is 0.0129. The minimum atomic E-state index is -0.728. The van der Waals surface area contributed by atoms with E-state index in [0.29, 0.717) is 17.6 Å².